The van der Waals surface area contributed by atoms with E-state index in [-0.39, 0.29) is 12.5 Å². The first-order valence-corrected chi connectivity index (χ1v) is 11.2. The van der Waals surface area contributed by atoms with Gasteiger partial charge in [0.15, 0.2) is 6.61 Å². The van der Waals surface area contributed by atoms with Gasteiger partial charge in [-0.3, -0.25) is 14.5 Å². The first-order valence-electron chi connectivity index (χ1n) is 10.8. The molecule has 0 radical (unpaired) electrons. The number of carboxylic acids is 1. The molecule has 170 valence electrons. The number of nitrogens with zero attached hydrogens (tertiary/aromatic N) is 2. The Hall–Kier alpha value is -2.61. The predicted octanol–water partition coefficient (Wildman–Crippen LogP) is 3.23. The zero-order chi connectivity index (χ0) is 22.5. The number of morpholine rings is 1. The summed E-state index contributed by atoms with van der Waals surface area (Å²) in [6.45, 7) is 4.42. The van der Waals surface area contributed by atoms with Crippen molar-refractivity contribution in [3.8, 4) is 5.75 Å². The SMILES string of the molecule is O=C(O)[C@@H]1CCN(C(=O)COc2ccc(CN3CCOCC3)cc2)[C@@H]1c1ccccc1Cl. The number of amides is 1. The summed E-state index contributed by atoms with van der Waals surface area (Å²) in [7, 11) is 0. The summed E-state index contributed by atoms with van der Waals surface area (Å²) in [6, 6.07) is 14.2. The van der Waals surface area contributed by atoms with Crippen LogP contribution in [0, 0.1) is 5.92 Å². The van der Waals surface area contributed by atoms with Gasteiger partial charge in [0.2, 0.25) is 0 Å². The maximum absolute atomic E-state index is 13.0. The lowest BCUT2D eigenvalue weighted by molar-refractivity contribution is -0.143. The Balaban J connectivity index is 1.38. The van der Waals surface area contributed by atoms with E-state index in [4.69, 9.17) is 21.1 Å². The standard InChI is InChI=1S/C24H27ClN2O5/c25-21-4-2-1-3-19(21)23-20(24(29)30)9-10-27(23)22(28)16-32-18-7-5-17(6-8-18)15-26-11-13-31-14-12-26/h1-8,20,23H,9-16H2,(H,29,30)/t20-,23-/m1/s1. The predicted molar refractivity (Wildman–Crippen MR) is 120 cm³/mol. The van der Waals surface area contributed by atoms with Crippen molar-refractivity contribution >= 4 is 23.5 Å². The lowest BCUT2D eigenvalue weighted by Gasteiger charge is -2.28. The number of carbonyl (C=O) groups is 2. The molecule has 2 aromatic rings. The summed E-state index contributed by atoms with van der Waals surface area (Å²) in [4.78, 5) is 28.7. The van der Waals surface area contributed by atoms with Crippen LogP contribution in [0.25, 0.3) is 0 Å². The number of aliphatic carboxylic acids is 1. The van der Waals surface area contributed by atoms with Gasteiger partial charge < -0.3 is 19.5 Å². The smallest absolute Gasteiger partial charge is 0.309 e. The van der Waals surface area contributed by atoms with Gasteiger partial charge in [-0.15, -0.1) is 0 Å². The van der Waals surface area contributed by atoms with Crippen molar-refractivity contribution in [1.82, 2.24) is 9.80 Å². The summed E-state index contributed by atoms with van der Waals surface area (Å²) in [5, 5.41) is 10.1. The van der Waals surface area contributed by atoms with Crippen molar-refractivity contribution in [2.24, 2.45) is 5.92 Å². The van der Waals surface area contributed by atoms with Gasteiger partial charge in [-0.2, -0.15) is 0 Å². The molecule has 2 aromatic carbocycles. The maximum Gasteiger partial charge on any atom is 0.309 e. The fourth-order valence-corrected chi connectivity index (χ4v) is 4.61. The quantitative estimate of drug-likeness (QED) is 0.686. The normalized spacial score (nSPS) is 21.5. The van der Waals surface area contributed by atoms with Crippen LogP contribution in [-0.4, -0.2) is 66.2 Å². The maximum atomic E-state index is 13.0. The largest absolute Gasteiger partial charge is 0.484 e. The lowest BCUT2D eigenvalue weighted by atomic mass is 9.93. The van der Waals surface area contributed by atoms with Crippen molar-refractivity contribution in [3.63, 3.8) is 0 Å². The number of hydrogen-bond acceptors (Lipinski definition) is 5. The van der Waals surface area contributed by atoms with Gasteiger partial charge in [0.25, 0.3) is 5.91 Å². The van der Waals surface area contributed by atoms with Crippen LogP contribution in [0.15, 0.2) is 48.5 Å². The molecule has 0 spiro atoms. The molecule has 0 bridgehead atoms. The highest BCUT2D eigenvalue weighted by Crippen LogP contribution is 2.40. The molecular weight excluding hydrogens is 432 g/mol. The topological polar surface area (TPSA) is 79.3 Å². The molecule has 2 aliphatic heterocycles. The number of halogens is 1. The van der Waals surface area contributed by atoms with Crippen LogP contribution in [0.3, 0.4) is 0 Å². The number of rotatable bonds is 7. The monoisotopic (exact) mass is 458 g/mol. The first kappa shape index (κ1) is 22.6. The third-order valence-corrected chi connectivity index (χ3v) is 6.40. The first-order chi connectivity index (χ1) is 15.5. The van der Waals surface area contributed by atoms with E-state index in [0.29, 0.717) is 29.3 Å². The molecule has 32 heavy (non-hydrogen) atoms. The Kier molecular flexibility index (Phi) is 7.29. The summed E-state index contributed by atoms with van der Waals surface area (Å²) in [6.07, 6.45) is 0.382. The van der Waals surface area contributed by atoms with Gasteiger partial charge in [0.05, 0.1) is 25.2 Å². The fourth-order valence-electron chi connectivity index (χ4n) is 4.37. The molecule has 0 saturated carbocycles. The van der Waals surface area contributed by atoms with E-state index in [1.807, 2.05) is 24.3 Å². The zero-order valence-electron chi connectivity index (χ0n) is 17.8. The summed E-state index contributed by atoms with van der Waals surface area (Å²) in [5.74, 6) is -1.27. The molecule has 1 N–H and O–H groups in total. The fraction of sp³-hybridized carbons (Fsp3) is 0.417. The number of carbonyl (C=O) groups excluding carboxylic acids is 1. The second-order valence-corrected chi connectivity index (χ2v) is 8.52. The van der Waals surface area contributed by atoms with Crippen LogP contribution in [0.1, 0.15) is 23.6 Å². The molecule has 2 heterocycles. The average molecular weight is 459 g/mol. The number of likely N-dealkylation sites (tertiary alicyclic amines) is 1. The van der Waals surface area contributed by atoms with Crippen molar-refractivity contribution in [2.45, 2.75) is 19.0 Å². The zero-order valence-corrected chi connectivity index (χ0v) is 18.5. The van der Waals surface area contributed by atoms with Gasteiger partial charge in [-0.05, 0) is 35.7 Å². The van der Waals surface area contributed by atoms with Crippen LogP contribution in [0.4, 0.5) is 0 Å². The molecule has 2 atom stereocenters. The second kappa shape index (κ2) is 10.3. The molecular formula is C24H27ClN2O5. The van der Waals surface area contributed by atoms with Gasteiger partial charge in [0, 0.05) is 31.2 Å². The summed E-state index contributed by atoms with van der Waals surface area (Å²) >= 11 is 6.33. The van der Waals surface area contributed by atoms with E-state index in [2.05, 4.69) is 4.90 Å². The highest BCUT2D eigenvalue weighted by molar-refractivity contribution is 6.31. The van der Waals surface area contributed by atoms with Crippen LogP contribution >= 0.6 is 11.6 Å². The Morgan fingerprint density at radius 3 is 2.47 bits per heavy atom. The number of carboxylic acid groups (broad SMARTS) is 1. The minimum Gasteiger partial charge on any atom is -0.484 e. The molecule has 2 aliphatic rings. The van der Waals surface area contributed by atoms with Crippen LogP contribution in [0.2, 0.25) is 5.02 Å². The highest BCUT2D eigenvalue weighted by Gasteiger charge is 2.42. The lowest BCUT2D eigenvalue weighted by Crippen LogP contribution is -2.37. The molecule has 0 unspecified atom stereocenters. The molecule has 0 aromatic heterocycles. The number of benzene rings is 2. The molecule has 0 aliphatic carbocycles. The number of ether oxygens (including phenoxy) is 2. The minimum atomic E-state index is -0.929. The van der Waals surface area contributed by atoms with Crippen molar-refractivity contribution in [2.75, 3.05) is 39.5 Å². The van der Waals surface area contributed by atoms with Gasteiger partial charge in [-0.25, -0.2) is 0 Å². The van der Waals surface area contributed by atoms with Gasteiger partial charge in [-0.1, -0.05) is 41.9 Å². The highest BCUT2D eigenvalue weighted by atomic mass is 35.5. The minimum absolute atomic E-state index is 0.157. The third-order valence-electron chi connectivity index (χ3n) is 6.05. The van der Waals surface area contributed by atoms with Crippen LogP contribution in [-0.2, 0) is 20.9 Å². The van der Waals surface area contributed by atoms with Gasteiger partial charge in [0.1, 0.15) is 5.75 Å². The molecule has 4 rings (SSSR count). The van der Waals surface area contributed by atoms with Crippen LogP contribution in [0.5, 0.6) is 5.75 Å². The molecule has 8 heteroatoms. The van der Waals surface area contributed by atoms with E-state index >= 15 is 0 Å². The number of hydrogen-bond donors (Lipinski definition) is 1. The molecule has 1 amide bonds. The summed E-state index contributed by atoms with van der Waals surface area (Å²) in [5.41, 5.74) is 1.83. The average Bonchev–Trinajstić information content (AvgIpc) is 3.25. The molecule has 2 saturated heterocycles. The summed E-state index contributed by atoms with van der Waals surface area (Å²) < 4.78 is 11.1. The van der Waals surface area contributed by atoms with E-state index < -0.39 is 17.9 Å². The van der Waals surface area contributed by atoms with Gasteiger partial charge >= 0.3 is 5.97 Å². The Labute approximate surface area is 192 Å². The Morgan fingerprint density at radius 1 is 1.06 bits per heavy atom. The van der Waals surface area contributed by atoms with Crippen molar-refractivity contribution in [1.29, 1.82) is 0 Å². The Morgan fingerprint density at radius 2 is 1.78 bits per heavy atom. The second-order valence-electron chi connectivity index (χ2n) is 8.11. The molecule has 7 nitrogen and oxygen atoms in total. The van der Waals surface area contributed by atoms with E-state index in [1.54, 1.807) is 29.2 Å². The molecule has 2 fully saturated rings. The van der Waals surface area contributed by atoms with E-state index in [1.165, 1.54) is 5.56 Å². The van der Waals surface area contributed by atoms with Crippen molar-refractivity contribution in [3.05, 3.63) is 64.7 Å². The van der Waals surface area contributed by atoms with E-state index in [9.17, 15) is 14.7 Å². The van der Waals surface area contributed by atoms with Crippen molar-refractivity contribution < 1.29 is 24.2 Å². The van der Waals surface area contributed by atoms with Crippen LogP contribution < -0.4 is 4.74 Å². The van der Waals surface area contributed by atoms with E-state index in [0.717, 1.165) is 32.8 Å². The Bertz CT molecular complexity index is 946. The third kappa shape index (κ3) is 5.23.